The van der Waals surface area contributed by atoms with Crippen molar-refractivity contribution in [3.05, 3.63) is 0 Å². The van der Waals surface area contributed by atoms with Gasteiger partial charge in [0, 0.05) is 9.49 Å². The van der Waals surface area contributed by atoms with Crippen molar-refractivity contribution in [3.8, 4) is 0 Å². The molecule has 1 rings (SSSR count). The maximum absolute atomic E-state index is 5.86. The molecule has 1 saturated heterocycles. The normalized spacial score (nSPS) is 28.0. The molecule has 0 spiro atoms. The van der Waals surface area contributed by atoms with Gasteiger partial charge < -0.3 is 5.73 Å². The first-order chi connectivity index (χ1) is 6.47. The molecule has 0 amide bonds. The molecule has 3 N–H and O–H groups in total. The molecule has 1 heterocycles. The third kappa shape index (κ3) is 2.89. The summed E-state index contributed by atoms with van der Waals surface area (Å²) in [7, 11) is 0. The van der Waals surface area contributed by atoms with E-state index in [9.17, 15) is 0 Å². The highest BCUT2D eigenvalue weighted by Gasteiger charge is 2.49. The summed E-state index contributed by atoms with van der Waals surface area (Å²) in [5.41, 5.74) is 6.16. The second-order valence-electron chi connectivity index (χ2n) is 6.64. The van der Waals surface area contributed by atoms with Gasteiger partial charge in [-0.15, -0.1) is 11.8 Å². The molecule has 0 aromatic heterocycles. The van der Waals surface area contributed by atoms with Crippen LogP contribution in [0.5, 0.6) is 0 Å². The van der Waals surface area contributed by atoms with E-state index in [4.69, 9.17) is 5.73 Å². The monoisotopic (exact) mass is 230 g/mol. The molecule has 1 aliphatic rings. The molecule has 2 nitrogen and oxygen atoms in total. The highest BCUT2D eigenvalue weighted by molar-refractivity contribution is 8.02. The maximum atomic E-state index is 5.86. The van der Waals surface area contributed by atoms with Crippen LogP contribution >= 0.6 is 11.8 Å². The van der Waals surface area contributed by atoms with Gasteiger partial charge in [-0.05, 0) is 19.3 Å². The minimum atomic E-state index is 0.197. The number of thioether (sulfide) groups is 1. The Balaban J connectivity index is 2.68. The van der Waals surface area contributed by atoms with E-state index in [0.717, 1.165) is 0 Å². The van der Waals surface area contributed by atoms with E-state index in [0.29, 0.717) is 11.5 Å². The van der Waals surface area contributed by atoms with E-state index in [2.05, 4.69) is 53.8 Å². The maximum Gasteiger partial charge on any atom is 0.0722 e. The fourth-order valence-electron chi connectivity index (χ4n) is 1.66. The lowest BCUT2D eigenvalue weighted by Gasteiger charge is -2.43. The summed E-state index contributed by atoms with van der Waals surface area (Å²) >= 11 is 2.04. The number of rotatable bonds is 3. The number of nitrogens with one attached hydrogen (secondary N) is 1. The van der Waals surface area contributed by atoms with Crippen molar-refractivity contribution in [1.82, 2.24) is 5.32 Å². The molecule has 0 radical (unpaired) electrons. The summed E-state index contributed by atoms with van der Waals surface area (Å²) in [6.45, 7) is 16.1. The molecule has 2 atom stereocenters. The molecule has 15 heavy (non-hydrogen) atoms. The Labute approximate surface area is 98.8 Å². The molecule has 0 saturated carbocycles. The lowest BCUT2D eigenvalue weighted by Crippen LogP contribution is -2.41. The lowest BCUT2D eigenvalue weighted by molar-refractivity contribution is 0.317. The van der Waals surface area contributed by atoms with E-state index < -0.39 is 0 Å². The van der Waals surface area contributed by atoms with Crippen molar-refractivity contribution >= 4 is 11.8 Å². The second kappa shape index (κ2) is 3.64. The quantitative estimate of drug-likeness (QED) is 0.733. The number of hydrogen-bond acceptors (Lipinski definition) is 3. The summed E-state index contributed by atoms with van der Waals surface area (Å²) in [5.74, 6) is 0. The van der Waals surface area contributed by atoms with Gasteiger partial charge in [0.05, 0.1) is 12.2 Å². The zero-order chi connectivity index (χ0) is 12.1. The molecular weight excluding hydrogens is 204 g/mol. The first kappa shape index (κ1) is 13.3. The molecule has 0 aromatic rings. The van der Waals surface area contributed by atoms with E-state index >= 15 is 0 Å². The average molecular weight is 230 g/mol. The standard InChI is InChI=1S/C12H26N2S/c1-10(2,3)12(6,7)15-11(4,5)8-9(13)14-8/h8-9,14H,13H2,1-7H3. The van der Waals surface area contributed by atoms with Gasteiger partial charge in [0.2, 0.25) is 0 Å². The zero-order valence-corrected chi connectivity index (χ0v) is 12.0. The molecule has 1 aliphatic heterocycles. The predicted molar refractivity (Wildman–Crippen MR) is 70.1 cm³/mol. The summed E-state index contributed by atoms with van der Waals surface area (Å²) in [4.78, 5) is 0. The van der Waals surface area contributed by atoms with Crippen molar-refractivity contribution in [1.29, 1.82) is 0 Å². The van der Waals surface area contributed by atoms with Gasteiger partial charge in [0.15, 0.2) is 0 Å². The van der Waals surface area contributed by atoms with Gasteiger partial charge in [-0.2, -0.15) is 0 Å². The smallest absolute Gasteiger partial charge is 0.0722 e. The van der Waals surface area contributed by atoms with Crippen molar-refractivity contribution in [2.24, 2.45) is 11.1 Å². The lowest BCUT2D eigenvalue weighted by atomic mass is 9.82. The summed E-state index contributed by atoms with van der Waals surface area (Å²) in [6.07, 6.45) is 0.197. The molecule has 90 valence electrons. The van der Waals surface area contributed by atoms with Crippen molar-refractivity contribution in [3.63, 3.8) is 0 Å². The highest BCUT2D eigenvalue weighted by Crippen LogP contribution is 2.49. The van der Waals surface area contributed by atoms with E-state index in [-0.39, 0.29) is 15.7 Å². The van der Waals surface area contributed by atoms with Gasteiger partial charge in [0.1, 0.15) is 0 Å². The van der Waals surface area contributed by atoms with Gasteiger partial charge in [-0.3, -0.25) is 5.32 Å². The fraction of sp³-hybridized carbons (Fsp3) is 1.00. The molecular formula is C12H26N2S. The van der Waals surface area contributed by atoms with Crippen LogP contribution in [-0.4, -0.2) is 21.7 Å². The van der Waals surface area contributed by atoms with E-state index in [1.165, 1.54) is 0 Å². The van der Waals surface area contributed by atoms with Gasteiger partial charge in [0.25, 0.3) is 0 Å². The third-order valence-corrected chi connectivity index (χ3v) is 5.60. The Hall–Kier alpha value is 0.270. The van der Waals surface area contributed by atoms with Crippen LogP contribution in [-0.2, 0) is 0 Å². The van der Waals surface area contributed by atoms with Crippen LogP contribution in [0.1, 0.15) is 48.5 Å². The van der Waals surface area contributed by atoms with Gasteiger partial charge >= 0.3 is 0 Å². The molecule has 0 aliphatic carbocycles. The van der Waals surface area contributed by atoms with Crippen LogP contribution in [0, 0.1) is 5.41 Å². The summed E-state index contributed by atoms with van der Waals surface area (Å²) < 4.78 is 0.455. The number of nitrogens with two attached hydrogens (primary N) is 1. The van der Waals surface area contributed by atoms with Gasteiger partial charge in [-0.25, -0.2) is 0 Å². The summed E-state index contributed by atoms with van der Waals surface area (Å²) in [6, 6.07) is 0.462. The van der Waals surface area contributed by atoms with Crippen LogP contribution in [0.25, 0.3) is 0 Å². The minimum absolute atomic E-state index is 0.197. The van der Waals surface area contributed by atoms with Crippen molar-refractivity contribution < 1.29 is 0 Å². The Bertz CT molecular complexity index is 240. The predicted octanol–water partition coefficient (Wildman–Crippen LogP) is 2.58. The van der Waals surface area contributed by atoms with E-state index in [1.54, 1.807) is 0 Å². The second-order valence-corrected chi connectivity index (χ2v) is 8.91. The molecule has 1 fully saturated rings. The topological polar surface area (TPSA) is 48.0 Å². The van der Waals surface area contributed by atoms with Crippen LogP contribution < -0.4 is 11.1 Å². The first-order valence-corrected chi connectivity index (χ1v) is 6.51. The van der Waals surface area contributed by atoms with Crippen LogP contribution in [0.2, 0.25) is 0 Å². The van der Waals surface area contributed by atoms with Crippen molar-refractivity contribution in [2.45, 2.75) is 70.2 Å². The number of hydrogen-bond donors (Lipinski definition) is 2. The van der Waals surface area contributed by atoms with Crippen LogP contribution in [0.3, 0.4) is 0 Å². The largest absolute Gasteiger partial charge is 0.315 e. The van der Waals surface area contributed by atoms with Gasteiger partial charge in [-0.1, -0.05) is 34.6 Å². The SMILES string of the molecule is CC(C)(SC(C)(C)C(C)(C)C)C1NC1N. The third-order valence-electron chi connectivity index (χ3n) is 3.70. The summed E-state index contributed by atoms with van der Waals surface area (Å²) in [5, 5.41) is 3.30. The fourth-order valence-corrected chi connectivity index (χ4v) is 3.62. The highest BCUT2D eigenvalue weighted by atomic mass is 32.2. The van der Waals surface area contributed by atoms with Crippen molar-refractivity contribution in [2.75, 3.05) is 0 Å². The Morgan fingerprint density at radius 1 is 1.00 bits per heavy atom. The Kier molecular flexibility index (Phi) is 3.24. The Morgan fingerprint density at radius 2 is 1.40 bits per heavy atom. The van der Waals surface area contributed by atoms with E-state index in [1.807, 2.05) is 11.8 Å². The first-order valence-electron chi connectivity index (χ1n) is 5.69. The zero-order valence-electron chi connectivity index (χ0n) is 11.1. The average Bonchev–Trinajstić information content (AvgIpc) is 2.61. The minimum Gasteiger partial charge on any atom is -0.315 e. The molecule has 2 unspecified atom stereocenters. The molecule has 0 bridgehead atoms. The molecule has 0 aromatic carbocycles. The molecule has 3 heteroatoms. The van der Waals surface area contributed by atoms with Crippen LogP contribution in [0.15, 0.2) is 0 Å². The van der Waals surface area contributed by atoms with Crippen LogP contribution in [0.4, 0.5) is 0 Å². The Morgan fingerprint density at radius 3 is 1.67 bits per heavy atom.